The van der Waals surface area contributed by atoms with Gasteiger partial charge in [0.1, 0.15) is 8.24 Å². The number of nitrogens with zero attached hydrogens (tertiary/aromatic N) is 2. The maximum Gasteiger partial charge on any atom is 0.162 e. The second-order valence-electron chi connectivity index (χ2n) is 7.27. The minimum absolute atomic E-state index is 0.293. The fourth-order valence-electron chi connectivity index (χ4n) is 2.64. The minimum Gasteiger partial charge on any atom is -0.422 e. The summed E-state index contributed by atoms with van der Waals surface area (Å²) in [6.07, 6.45) is 0.430. The molecule has 5 heteroatoms. The number of hydrogen-bond donors (Lipinski definition) is 0. The van der Waals surface area contributed by atoms with Gasteiger partial charge in [0.25, 0.3) is 0 Å². The average molecular weight is 303 g/mol. The third-order valence-electron chi connectivity index (χ3n) is 3.95. The predicted molar refractivity (Wildman–Crippen MR) is 90.1 cm³/mol. The standard InChI is InChI=1S/C14H34N2OSi2/c1-13(2)17-18-12-14(3)11-15-7-9-16(10-8-15)19(4,5)6/h13-14H,7-12,18H2,1-6H3. The van der Waals surface area contributed by atoms with Crippen molar-refractivity contribution in [2.75, 3.05) is 32.7 Å². The van der Waals surface area contributed by atoms with Crippen LogP contribution in [0.15, 0.2) is 0 Å². The maximum atomic E-state index is 5.78. The maximum absolute atomic E-state index is 5.78. The summed E-state index contributed by atoms with van der Waals surface area (Å²) in [7, 11) is -1.36. The van der Waals surface area contributed by atoms with E-state index in [1.807, 2.05) is 0 Å². The van der Waals surface area contributed by atoms with Crippen LogP contribution in [0.25, 0.3) is 0 Å². The highest BCUT2D eigenvalue weighted by molar-refractivity contribution is 6.73. The largest absolute Gasteiger partial charge is 0.422 e. The summed E-state index contributed by atoms with van der Waals surface area (Å²) in [5.41, 5.74) is 0. The van der Waals surface area contributed by atoms with Gasteiger partial charge in [0.05, 0.1) is 0 Å². The SMILES string of the molecule is CC(C[SiH2]OC(C)C)CN1CCN([Si](C)(C)C)CC1. The Bertz CT molecular complexity index is 248. The molecule has 0 aromatic heterocycles. The molecule has 0 N–H and O–H groups in total. The third-order valence-corrected chi connectivity index (χ3v) is 8.42. The first kappa shape index (κ1) is 17.4. The fourth-order valence-corrected chi connectivity index (χ4v) is 5.37. The first-order chi connectivity index (χ1) is 8.79. The molecule has 1 heterocycles. The van der Waals surface area contributed by atoms with Crippen LogP contribution >= 0.6 is 0 Å². The second kappa shape index (κ2) is 7.93. The van der Waals surface area contributed by atoms with Crippen LogP contribution in [-0.2, 0) is 4.43 Å². The molecule has 19 heavy (non-hydrogen) atoms. The van der Waals surface area contributed by atoms with Crippen LogP contribution in [0.3, 0.4) is 0 Å². The van der Waals surface area contributed by atoms with Gasteiger partial charge in [-0.1, -0.05) is 26.6 Å². The molecule has 1 atom stereocenters. The molecule has 0 spiro atoms. The van der Waals surface area contributed by atoms with Gasteiger partial charge < -0.3 is 13.9 Å². The molecule has 0 radical (unpaired) electrons. The number of hydrogen-bond acceptors (Lipinski definition) is 3. The molecule has 3 nitrogen and oxygen atoms in total. The summed E-state index contributed by atoms with van der Waals surface area (Å²) < 4.78 is 8.52. The molecule has 1 unspecified atom stereocenters. The molecular weight excluding hydrogens is 268 g/mol. The van der Waals surface area contributed by atoms with Crippen LogP contribution in [0.5, 0.6) is 0 Å². The Kier molecular flexibility index (Phi) is 7.25. The molecule has 0 amide bonds. The Morgan fingerprint density at radius 2 is 1.63 bits per heavy atom. The molecule has 1 rings (SSSR count). The molecule has 1 saturated heterocycles. The lowest BCUT2D eigenvalue weighted by molar-refractivity contribution is 0.166. The highest BCUT2D eigenvalue weighted by Crippen LogP contribution is 2.14. The zero-order valence-electron chi connectivity index (χ0n) is 13.9. The van der Waals surface area contributed by atoms with Crippen LogP contribution in [0.4, 0.5) is 0 Å². The van der Waals surface area contributed by atoms with Crippen molar-refractivity contribution in [3.8, 4) is 0 Å². The summed E-state index contributed by atoms with van der Waals surface area (Å²) in [5, 5.41) is 0. The summed E-state index contributed by atoms with van der Waals surface area (Å²) in [4.78, 5) is 2.66. The van der Waals surface area contributed by atoms with Crippen molar-refractivity contribution in [2.24, 2.45) is 5.92 Å². The van der Waals surface area contributed by atoms with Crippen LogP contribution in [0.2, 0.25) is 25.7 Å². The van der Waals surface area contributed by atoms with Crippen molar-refractivity contribution in [1.29, 1.82) is 0 Å². The highest BCUT2D eigenvalue weighted by atomic mass is 28.3. The van der Waals surface area contributed by atoms with E-state index in [-0.39, 0.29) is 9.76 Å². The Labute approximate surface area is 123 Å². The van der Waals surface area contributed by atoms with E-state index in [4.69, 9.17) is 4.43 Å². The quantitative estimate of drug-likeness (QED) is 0.669. The van der Waals surface area contributed by atoms with E-state index in [9.17, 15) is 0 Å². The predicted octanol–water partition coefficient (Wildman–Crippen LogP) is 2.00. The Morgan fingerprint density at radius 3 is 2.11 bits per heavy atom. The molecule has 0 aromatic rings. The van der Waals surface area contributed by atoms with Crippen LogP contribution < -0.4 is 0 Å². The van der Waals surface area contributed by atoms with Gasteiger partial charge in [-0.3, -0.25) is 0 Å². The van der Waals surface area contributed by atoms with E-state index in [0.717, 1.165) is 5.92 Å². The molecule has 0 aromatic carbocycles. The van der Waals surface area contributed by atoms with Crippen molar-refractivity contribution in [3.63, 3.8) is 0 Å². The zero-order valence-corrected chi connectivity index (χ0v) is 16.3. The van der Waals surface area contributed by atoms with E-state index in [1.54, 1.807) is 0 Å². The van der Waals surface area contributed by atoms with Crippen LogP contribution in [0.1, 0.15) is 20.8 Å². The summed E-state index contributed by atoms with van der Waals surface area (Å²) in [5.74, 6) is 0.809. The lowest BCUT2D eigenvalue weighted by atomic mass is 10.2. The average Bonchev–Trinajstić information content (AvgIpc) is 2.27. The molecular formula is C14H34N2OSi2. The van der Waals surface area contributed by atoms with Gasteiger partial charge in [-0.2, -0.15) is 0 Å². The third kappa shape index (κ3) is 7.04. The van der Waals surface area contributed by atoms with Gasteiger partial charge in [0.2, 0.25) is 0 Å². The Morgan fingerprint density at radius 1 is 1.05 bits per heavy atom. The summed E-state index contributed by atoms with van der Waals surface area (Å²) in [6.45, 7) is 20.4. The number of piperazine rings is 1. The fraction of sp³-hybridized carbons (Fsp3) is 1.00. The van der Waals surface area contributed by atoms with Crippen molar-refractivity contribution < 1.29 is 4.43 Å². The summed E-state index contributed by atoms with van der Waals surface area (Å²) in [6, 6.07) is 1.33. The first-order valence-corrected chi connectivity index (χ1v) is 12.9. The highest BCUT2D eigenvalue weighted by Gasteiger charge is 2.27. The lowest BCUT2D eigenvalue weighted by Crippen LogP contribution is -2.56. The molecule has 0 saturated carbocycles. The molecule has 1 aliphatic rings. The van der Waals surface area contributed by atoms with E-state index in [0.29, 0.717) is 6.10 Å². The Balaban J connectivity index is 2.18. The summed E-state index contributed by atoms with van der Waals surface area (Å²) >= 11 is 0. The lowest BCUT2D eigenvalue weighted by Gasteiger charge is -2.42. The van der Waals surface area contributed by atoms with Gasteiger partial charge in [-0.05, 0) is 25.8 Å². The van der Waals surface area contributed by atoms with Gasteiger partial charge in [-0.15, -0.1) is 0 Å². The van der Waals surface area contributed by atoms with Gasteiger partial charge in [-0.25, -0.2) is 0 Å². The minimum atomic E-state index is -1.07. The normalized spacial score (nSPS) is 21.6. The van der Waals surface area contributed by atoms with Gasteiger partial charge in [0, 0.05) is 38.8 Å². The van der Waals surface area contributed by atoms with Gasteiger partial charge >= 0.3 is 0 Å². The van der Waals surface area contributed by atoms with Crippen LogP contribution in [-0.4, -0.2) is 66.3 Å². The van der Waals surface area contributed by atoms with Crippen LogP contribution in [0, 0.1) is 5.92 Å². The van der Waals surface area contributed by atoms with E-state index >= 15 is 0 Å². The smallest absolute Gasteiger partial charge is 0.162 e. The van der Waals surface area contributed by atoms with Crippen molar-refractivity contribution in [3.05, 3.63) is 0 Å². The topological polar surface area (TPSA) is 15.7 Å². The van der Waals surface area contributed by atoms with E-state index in [1.165, 1.54) is 38.8 Å². The zero-order chi connectivity index (χ0) is 14.5. The molecule has 1 aliphatic heterocycles. The second-order valence-corrected chi connectivity index (χ2v) is 13.6. The molecule has 114 valence electrons. The molecule has 1 fully saturated rings. The monoisotopic (exact) mass is 302 g/mol. The van der Waals surface area contributed by atoms with Crippen molar-refractivity contribution in [2.45, 2.75) is 52.6 Å². The molecule has 0 bridgehead atoms. The molecule has 0 aliphatic carbocycles. The van der Waals surface area contributed by atoms with Crippen molar-refractivity contribution >= 4 is 18.0 Å². The first-order valence-electron chi connectivity index (χ1n) is 7.88. The van der Waals surface area contributed by atoms with E-state index in [2.05, 4.69) is 49.9 Å². The van der Waals surface area contributed by atoms with E-state index < -0.39 is 8.24 Å². The Hall–Kier alpha value is 0.314. The van der Waals surface area contributed by atoms with Gasteiger partial charge in [0.15, 0.2) is 9.76 Å². The van der Waals surface area contributed by atoms with Crippen molar-refractivity contribution in [1.82, 2.24) is 9.47 Å². The number of rotatable bonds is 7.